The Labute approximate surface area is 182 Å². The van der Waals surface area contributed by atoms with Crippen LogP contribution in [0.1, 0.15) is 44.1 Å². The summed E-state index contributed by atoms with van der Waals surface area (Å²) in [6, 6.07) is 9.81. The Morgan fingerprint density at radius 3 is 2.67 bits per heavy atom. The van der Waals surface area contributed by atoms with Crippen LogP contribution < -0.4 is 5.32 Å². The molecule has 2 heterocycles. The second-order valence-corrected chi connectivity index (χ2v) is 9.26. The van der Waals surface area contributed by atoms with Gasteiger partial charge in [-0.2, -0.15) is 0 Å². The minimum Gasteiger partial charge on any atom is -0.328 e. The van der Waals surface area contributed by atoms with E-state index in [-0.39, 0.29) is 11.8 Å². The maximum absolute atomic E-state index is 13.1. The summed E-state index contributed by atoms with van der Waals surface area (Å²) in [4.78, 5) is 34.4. The number of nitrogens with one attached hydrogen (secondary N) is 1. The first-order valence-electron chi connectivity index (χ1n) is 10.9. The number of anilines is 1. The van der Waals surface area contributed by atoms with Gasteiger partial charge in [0.25, 0.3) is 0 Å². The maximum atomic E-state index is 13.1. The summed E-state index contributed by atoms with van der Waals surface area (Å²) in [6.07, 6.45) is 8.48. The molecule has 1 aromatic carbocycles. The van der Waals surface area contributed by atoms with Gasteiger partial charge in [0, 0.05) is 31.2 Å². The van der Waals surface area contributed by atoms with Gasteiger partial charge in [0.2, 0.25) is 11.8 Å². The van der Waals surface area contributed by atoms with Crippen molar-refractivity contribution in [3.05, 3.63) is 47.5 Å². The van der Waals surface area contributed by atoms with Gasteiger partial charge in [-0.25, -0.2) is 4.98 Å². The molecule has 1 aliphatic heterocycles. The molecule has 30 heavy (non-hydrogen) atoms. The molecule has 0 spiro atoms. The van der Waals surface area contributed by atoms with Gasteiger partial charge < -0.3 is 10.2 Å². The molecule has 7 heteroatoms. The Morgan fingerprint density at radius 2 is 1.97 bits per heavy atom. The zero-order valence-electron chi connectivity index (χ0n) is 17.3. The molecule has 1 aliphatic carbocycles. The summed E-state index contributed by atoms with van der Waals surface area (Å²) in [6.45, 7) is 2.50. The fourth-order valence-electron chi connectivity index (χ4n) is 4.63. The molecule has 2 fully saturated rings. The molecule has 2 aromatic rings. The van der Waals surface area contributed by atoms with E-state index in [0.29, 0.717) is 24.1 Å². The first-order valence-corrected chi connectivity index (χ1v) is 11.8. The van der Waals surface area contributed by atoms with Crippen molar-refractivity contribution in [2.45, 2.75) is 51.1 Å². The SMILES string of the molecule is O=C(Nc1nccs1)C(CC1CCCCC1)N1CCN(Cc2ccccc2)CC1=O. The maximum Gasteiger partial charge on any atom is 0.248 e. The van der Waals surface area contributed by atoms with Crippen molar-refractivity contribution in [1.82, 2.24) is 14.8 Å². The molecule has 160 valence electrons. The minimum atomic E-state index is -0.414. The van der Waals surface area contributed by atoms with Gasteiger partial charge in [0.15, 0.2) is 5.13 Å². The number of nitrogens with zero attached hydrogens (tertiary/aromatic N) is 3. The third-order valence-electron chi connectivity index (χ3n) is 6.21. The zero-order valence-corrected chi connectivity index (χ0v) is 18.2. The Hall–Kier alpha value is -2.25. The number of amides is 2. The highest BCUT2D eigenvalue weighted by Crippen LogP contribution is 2.30. The van der Waals surface area contributed by atoms with E-state index in [4.69, 9.17) is 0 Å². The summed E-state index contributed by atoms with van der Waals surface area (Å²) in [7, 11) is 0. The molecule has 2 aliphatic rings. The molecule has 0 bridgehead atoms. The summed E-state index contributed by atoms with van der Waals surface area (Å²) in [5, 5.41) is 5.39. The highest BCUT2D eigenvalue weighted by atomic mass is 32.1. The van der Waals surface area contributed by atoms with Crippen LogP contribution in [0.25, 0.3) is 0 Å². The van der Waals surface area contributed by atoms with E-state index >= 15 is 0 Å². The molecule has 1 saturated heterocycles. The number of piperazine rings is 1. The van der Waals surface area contributed by atoms with Crippen LogP contribution in [0, 0.1) is 5.92 Å². The van der Waals surface area contributed by atoms with Gasteiger partial charge in [-0.15, -0.1) is 11.3 Å². The number of carbonyl (C=O) groups is 2. The predicted octanol–water partition coefficient (Wildman–Crippen LogP) is 3.77. The van der Waals surface area contributed by atoms with Crippen LogP contribution in [0.2, 0.25) is 0 Å². The summed E-state index contributed by atoms with van der Waals surface area (Å²) >= 11 is 1.41. The zero-order chi connectivity index (χ0) is 20.8. The number of carbonyl (C=O) groups excluding carboxylic acids is 2. The molecular weight excluding hydrogens is 396 g/mol. The predicted molar refractivity (Wildman–Crippen MR) is 119 cm³/mol. The van der Waals surface area contributed by atoms with Crippen LogP contribution in [-0.4, -0.2) is 52.3 Å². The lowest BCUT2D eigenvalue weighted by Gasteiger charge is -2.39. The summed E-state index contributed by atoms with van der Waals surface area (Å²) < 4.78 is 0. The fraction of sp³-hybridized carbons (Fsp3) is 0.522. The Kier molecular flexibility index (Phi) is 7.12. The lowest BCUT2D eigenvalue weighted by atomic mass is 9.84. The van der Waals surface area contributed by atoms with Gasteiger partial charge in [0.05, 0.1) is 6.54 Å². The minimum absolute atomic E-state index is 0.0484. The average Bonchev–Trinajstić information content (AvgIpc) is 3.27. The smallest absolute Gasteiger partial charge is 0.248 e. The fourth-order valence-corrected chi connectivity index (χ4v) is 5.16. The van der Waals surface area contributed by atoms with Gasteiger partial charge in [-0.05, 0) is 17.9 Å². The third kappa shape index (κ3) is 5.46. The van der Waals surface area contributed by atoms with E-state index in [9.17, 15) is 9.59 Å². The number of aromatic nitrogens is 1. The van der Waals surface area contributed by atoms with Crippen LogP contribution in [0.3, 0.4) is 0 Å². The van der Waals surface area contributed by atoms with E-state index in [0.717, 1.165) is 32.4 Å². The Bertz CT molecular complexity index is 821. The number of benzene rings is 1. The van der Waals surface area contributed by atoms with E-state index in [2.05, 4.69) is 27.3 Å². The first-order chi connectivity index (χ1) is 14.7. The number of hydrogen-bond acceptors (Lipinski definition) is 5. The van der Waals surface area contributed by atoms with Gasteiger partial charge in [-0.3, -0.25) is 14.5 Å². The van der Waals surface area contributed by atoms with Crippen molar-refractivity contribution in [1.29, 1.82) is 0 Å². The molecule has 1 unspecified atom stereocenters. The molecule has 2 amide bonds. The van der Waals surface area contributed by atoms with E-state index in [1.54, 1.807) is 6.20 Å². The Balaban J connectivity index is 1.42. The third-order valence-corrected chi connectivity index (χ3v) is 6.90. The molecule has 1 N–H and O–H groups in total. The van der Waals surface area contributed by atoms with E-state index in [1.165, 1.54) is 36.2 Å². The quantitative estimate of drug-likeness (QED) is 0.732. The molecule has 0 radical (unpaired) electrons. The monoisotopic (exact) mass is 426 g/mol. The van der Waals surface area contributed by atoms with E-state index in [1.807, 2.05) is 28.5 Å². The highest BCUT2D eigenvalue weighted by Gasteiger charge is 2.35. The average molecular weight is 427 g/mol. The standard InChI is InChI=1S/C23H30N4O2S/c28-21-17-26(16-19-9-5-2-6-10-19)12-13-27(21)20(15-18-7-3-1-4-8-18)22(29)25-23-24-11-14-30-23/h2,5-6,9-11,14,18,20H,1,3-4,7-8,12-13,15-17H2,(H,24,25,29). The van der Waals surface area contributed by atoms with Crippen molar-refractivity contribution in [3.63, 3.8) is 0 Å². The van der Waals surface area contributed by atoms with E-state index < -0.39 is 6.04 Å². The van der Waals surface area contributed by atoms with Gasteiger partial charge in [-0.1, -0.05) is 62.4 Å². The number of hydrogen-bond donors (Lipinski definition) is 1. The molecule has 1 aromatic heterocycles. The van der Waals surface area contributed by atoms with Crippen molar-refractivity contribution in [2.75, 3.05) is 25.0 Å². The van der Waals surface area contributed by atoms with Crippen LogP contribution in [0.15, 0.2) is 41.9 Å². The van der Waals surface area contributed by atoms with Crippen molar-refractivity contribution in [2.24, 2.45) is 5.92 Å². The molecule has 4 rings (SSSR count). The number of rotatable bonds is 7. The lowest BCUT2D eigenvalue weighted by molar-refractivity contribution is -0.144. The molecule has 6 nitrogen and oxygen atoms in total. The normalized spacial score (nSPS) is 19.6. The summed E-state index contributed by atoms with van der Waals surface area (Å²) in [5.41, 5.74) is 1.21. The highest BCUT2D eigenvalue weighted by molar-refractivity contribution is 7.13. The molecule has 1 saturated carbocycles. The summed E-state index contributed by atoms with van der Waals surface area (Å²) in [5.74, 6) is 0.466. The second kappa shape index (κ2) is 10.2. The van der Waals surface area contributed by atoms with Gasteiger partial charge in [0.1, 0.15) is 6.04 Å². The van der Waals surface area contributed by atoms with Crippen molar-refractivity contribution in [3.8, 4) is 0 Å². The van der Waals surface area contributed by atoms with Crippen LogP contribution >= 0.6 is 11.3 Å². The van der Waals surface area contributed by atoms with Crippen LogP contribution in [0.4, 0.5) is 5.13 Å². The Morgan fingerprint density at radius 1 is 1.17 bits per heavy atom. The topological polar surface area (TPSA) is 65.5 Å². The van der Waals surface area contributed by atoms with Gasteiger partial charge >= 0.3 is 0 Å². The van der Waals surface area contributed by atoms with Crippen molar-refractivity contribution < 1.29 is 9.59 Å². The second-order valence-electron chi connectivity index (χ2n) is 8.37. The first kappa shape index (κ1) is 21.0. The van der Waals surface area contributed by atoms with Crippen LogP contribution in [0.5, 0.6) is 0 Å². The lowest BCUT2D eigenvalue weighted by Crippen LogP contribution is -2.57. The number of thiazole rings is 1. The van der Waals surface area contributed by atoms with Crippen LogP contribution in [-0.2, 0) is 16.1 Å². The molecular formula is C23H30N4O2S. The van der Waals surface area contributed by atoms with Crippen molar-refractivity contribution >= 4 is 28.3 Å². The molecule has 1 atom stereocenters. The largest absolute Gasteiger partial charge is 0.328 e.